The molecule has 0 atom stereocenters. The van der Waals surface area contributed by atoms with Crippen molar-refractivity contribution in [2.75, 3.05) is 20.3 Å². The molecule has 0 aliphatic carbocycles. The lowest BCUT2D eigenvalue weighted by Crippen LogP contribution is -2.18. The van der Waals surface area contributed by atoms with Gasteiger partial charge in [-0.05, 0) is 11.6 Å². The summed E-state index contributed by atoms with van der Waals surface area (Å²) in [7, 11) is 1.69. The Morgan fingerprint density at radius 2 is 2.20 bits per heavy atom. The number of rotatable bonds is 8. The summed E-state index contributed by atoms with van der Waals surface area (Å²) >= 11 is 0. The third-order valence-electron chi connectivity index (χ3n) is 3.27. The molecule has 1 amide bonds. The fraction of sp³-hybridized carbons (Fsp3) is 0.400. The Bertz CT molecular complexity index is 578. The van der Waals surface area contributed by atoms with E-state index >= 15 is 0 Å². The standard InChI is InChI=1S/C15H21N3O2/c1-20-9-7-17-10-12-11-18(8-6-15(16)19)14-5-3-2-4-13(12)14/h2-5,11,17H,6-10H2,1H3,(H2,16,19). The average molecular weight is 275 g/mol. The molecule has 0 spiro atoms. The van der Waals surface area contributed by atoms with E-state index in [4.69, 9.17) is 10.5 Å². The number of hydrogen-bond acceptors (Lipinski definition) is 3. The minimum atomic E-state index is -0.275. The Labute approximate surface area is 118 Å². The van der Waals surface area contributed by atoms with Crippen LogP contribution in [0.3, 0.4) is 0 Å². The van der Waals surface area contributed by atoms with Crippen LogP contribution in [0.4, 0.5) is 0 Å². The molecule has 1 aromatic heterocycles. The highest BCUT2D eigenvalue weighted by molar-refractivity contribution is 5.84. The molecule has 0 fully saturated rings. The number of nitrogens with zero attached hydrogens (tertiary/aromatic N) is 1. The van der Waals surface area contributed by atoms with Crippen molar-refractivity contribution in [3.8, 4) is 0 Å². The van der Waals surface area contributed by atoms with Gasteiger partial charge in [0.05, 0.1) is 6.61 Å². The van der Waals surface area contributed by atoms with Crippen LogP contribution in [0.5, 0.6) is 0 Å². The van der Waals surface area contributed by atoms with E-state index in [0.717, 1.165) is 18.6 Å². The van der Waals surface area contributed by atoms with Crippen molar-refractivity contribution in [2.45, 2.75) is 19.5 Å². The van der Waals surface area contributed by atoms with E-state index in [1.165, 1.54) is 10.9 Å². The van der Waals surface area contributed by atoms with Gasteiger partial charge in [-0.15, -0.1) is 0 Å². The van der Waals surface area contributed by atoms with E-state index in [0.29, 0.717) is 19.6 Å². The van der Waals surface area contributed by atoms with Gasteiger partial charge in [0.1, 0.15) is 0 Å². The quantitative estimate of drug-likeness (QED) is 0.712. The minimum absolute atomic E-state index is 0.275. The summed E-state index contributed by atoms with van der Waals surface area (Å²) in [6, 6.07) is 8.20. The molecule has 0 radical (unpaired) electrons. The molecule has 0 unspecified atom stereocenters. The minimum Gasteiger partial charge on any atom is -0.383 e. The first kappa shape index (κ1) is 14.6. The summed E-state index contributed by atoms with van der Waals surface area (Å²) in [5, 5.41) is 4.55. The third-order valence-corrected chi connectivity index (χ3v) is 3.27. The van der Waals surface area contributed by atoms with Gasteiger partial charge in [-0.2, -0.15) is 0 Å². The molecule has 1 heterocycles. The van der Waals surface area contributed by atoms with Crippen molar-refractivity contribution in [3.63, 3.8) is 0 Å². The van der Waals surface area contributed by atoms with Gasteiger partial charge < -0.3 is 20.4 Å². The van der Waals surface area contributed by atoms with Crippen LogP contribution in [0, 0.1) is 0 Å². The SMILES string of the molecule is COCCNCc1cn(CCC(N)=O)c2ccccc12. The Hall–Kier alpha value is -1.85. The summed E-state index contributed by atoms with van der Waals surface area (Å²) in [4.78, 5) is 10.9. The fourth-order valence-corrected chi connectivity index (χ4v) is 2.28. The molecular formula is C15H21N3O2. The molecule has 5 heteroatoms. The van der Waals surface area contributed by atoms with E-state index in [-0.39, 0.29) is 5.91 Å². The zero-order valence-electron chi connectivity index (χ0n) is 11.8. The van der Waals surface area contributed by atoms with Crippen LogP contribution in [0.1, 0.15) is 12.0 Å². The van der Waals surface area contributed by atoms with E-state index in [1.54, 1.807) is 7.11 Å². The van der Waals surface area contributed by atoms with Gasteiger partial charge in [0.2, 0.25) is 5.91 Å². The first-order chi connectivity index (χ1) is 9.72. The van der Waals surface area contributed by atoms with Crippen molar-refractivity contribution in [2.24, 2.45) is 5.73 Å². The van der Waals surface area contributed by atoms with E-state index in [9.17, 15) is 4.79 Å². The number of ether oxygens (including phenoxy) is 1. The number of primary amides is 1. The number of aryl methyl sites for hydroxylation is 1. The molecule has 3 N–H and O–H groups in total. The maximum atomic E-state index is 10.9. The number of aromatic nitrogens is 1. The maximum absolute atomic E-state index is 10.9. The average Bonchev–Trinajstić information content (AvgIpc) is 2.80. The molecule has 2 aromatic rings. The third kappa shape index (κ3) is 3.59. The Morgan fingerprint density at radius 1 is 1.40 bits per heavy atom. The largest absolute Gasteiger partial charge is 0.383 e. The molecule has 5 nitrogen and oxygen atoms in total. The zero-order chi connectivity index (χ0) is 14.4. The molecule has 0 aliphatic rings. The van der Waals surface area contributed by atoms with Gasteiger partial charge in [0, 0.05) is 50.3 Å². The molecule has 1 aromatic carbocycles. The molecule has 20 heavy (non-hydrogen) atoms. The van der Waals surface area contributed by atoms with Crippen molar-refractivity contribution in [1.82, 2.24) is 9.88 Å². The molecule has 0 bridgehead atoms. The van der Waals surface area contributed by atoms with E-state index < -0.39 is 0 Å². The van der Waals surface area contributed by atoms with E-state index in [1.807, 2.05) is 12.1 Å². The number of fused-ring (bicyclic) bond motifs is 1. The summed E-state index contributed by atoms with van der Waals surface area (Å²) in [5.41, 5.74) is 7.59. The van der Waals surface area contributed by atoms with Crippen LogP contribution < -0.4 is 11.1 Å². The zero-order valence-corrected chi connectivity index (χ0v) is 11.8. The second-order valence-corrected chi connectivity index (χ2v) is 4.75. The normalized spacial score (nSPS) is 11.1. The van der Waals surface area contributed by atoms with Crippen LogP contribution in [0.25, 0.3) is 10.9 Å². The van der Waals surface area contributed by atoms with Crippen molar-refractivity contribution in [1.29, 1.82) is 0 Å². The number of carbonyl (C=O) groups is 1. The lowest BCUT2D eigenvalue weighted by Gasteiger charge is -2.02. The second-order valence-electron chi connectivity index (χ2n) is 4.75. The van der Waals surface area contributed by atoms with Crippen molar-refractivity contribution >= 4 is 16.8 Å². The number of carbonyl (C=O) groups excluding carboxylic acids is 1. The van der Waals surface area contributed by atoms with Crippen LogP contribution in [0.2, 0.25) is 0 Å². The van der Waals surface area contributed by atoms with Crippen molar-refractivity contribution < 1.29 is 9.53 Å². The van der Waals surface area contributed by atoms with Gasteiger partial charge in [0.25, 0.3) is 0 Å². The summed E-state index contributed by atoms with van der Waals surface area (Å²) in [6.07, 6.45) is 2.45. The number of amides is 1. The predicted octanol–water partition coefficient (Wildman–Crippen LogP) is 1.25. The van der Waals surface area contributed by atoms with Gasteiger partial charge >= 0.3 is 0 Å². The van der Waals surface area contributed by atoms with Crippen LogP contribution in [-0.4, -0.2) is 30.7 Å². The number of hydrogen-bond donors (Lipinski definition) is 2. The van der Waals surface area contributed by atoms with Gasteiger partial charge in [-0.3, -0.25) is 4.79 Å². The molecule has 0 saturated carbocycles. The first-order valence-corrected chi connectivity index (χ1v) is 6.77. The topological polar surface area (TPSA) is 69.3 Å². The molecule has 108 valence electrons. The summed E-state index contributed by atoms with van der Waals surface area (Å²) in [6.45, 7) is 2.92. The fourth-order valence-electron chi connectivity index (χ4n) is 2.28. The number of nitrogens with one attached hydrogen (secondary N) is 1. The highest BCUT2D eigenvalue weighted by atomic mass is 16.5. The Balaban J connectivity index is 2.15. The number of nitrogens with two attached hydrogens (primary N) is 1. The molecule has 0 saturated heterocycles. The Kier molecular flexibility index (Phi) is 5.15. The summed E-state index contributed by atoms with van der Waals surface area (Å²) in [5.74, 6) is -0.275. The predicted molar refractivity (Wildman–Crippen MR) is 79.3 cm³/mol. The van der Waals surface area contributed by atoms with Gasteiger partial charge in [-0.1, -0.05) is 18.2 Å². The van der Waals surface area contributed by atoms with Crippen LogP contribution in [-0.2, 0) is 22.6 Å². The summed E-state index contributed by atoms with van der Waals surface area (Å²) < 4.78 is 7.11. The van der Waals surface area contributed by atoms with Crippen LogP contribution in [0.15, 0.2) is 30.5 Å². The smallest absolute Gasteiger partial charge is 0.219 e. The lowest BCUT2D eigenvalue weighted by atomic mass is 10.2. The first-order valence-electron chi connectivity index (χ1n) is 6.77. The van der Waals surface area contributed by atoms with E-state index in [2.05, 4.69) is 28.2 Å². The highest BCUT2D eigenvalue weighted by Gasteiger charge is 2.08. The molecule has 0 aliphatic heterocycles. The van der Waals surface area contributed by atoms with Crippen LogP contribution >= 0.6 is 0 Å². The lowest BCUT2D eigenvalue weighted by molar-refractivity contribution is -0.118. The maximum Gasteiger partial charge on any atom is 0.219 e. The Morgan fingerprint density at radius 3 is 2.95 bits per heavy atom. The number of benzene rings is 1. The van der Waals surface area contributed by atoms with Gasteiger partial charge in [0.15, 0.2) is 0 Å². The number of methoxy groups -OCH3 is 1. The second kappa shape index (κ2) is 7.07. The van der Waals surface area contributed by atoms with Crippen molar-refractivity contribution in [3.05, 3.63) is 36.0 Å². The monoisotopic (exact) mass is 275 g/mol. The molecular weight excluding hydrogens is 254 g/mol. The number of para-hydroxylation sites is 1. The molecule has 2 rings (SSSR count). The van der Waals surface area contributed by atoms with Gasteiger partial charge in [-0.25, -0.2) is 0 Å². The highest BCUT2D eigenvalue weighted by Crippen LogP contribution is 2.21.